The van der Waals surface area contributed by atoms with Gasteiger partial charge in [-0.25, -0.2) is 0 Å². The summed E-state index contributed by atoms with van der Waals surface area (Å²) in [5.74, 6) is 0.409. The second-order valence-corrected chi connectivity index (χ2v) is 3.99. The molecule has 0 bridgehead atoms. The molecule has 1 fully saturated rings. The van der Waals surface area contributed by atoms with Gasteiger partial charge in [0.2, 0.25) is 0 Å². The maximum atomic E-state index is 8.87. The van der Waals surface area contributed by atoms with Crippen molar-refractivity contribution in [2.45, 2.75) is 5.92 Å². The molecule has 0 unspecified atom stereocenters. The molecule has 1 aliphatic heterocycles. The molecule has 0 spiro atoms. The number of benzene rings is 1. The van der Waals surface area contributed by atoms with Crippen LogP contribution in [0.5, 0.6) is 0 Å². The summed E-state index contributed by atoms with van der Waals surface area (Å²) in [6.45, 7) is 1.48. The lowest BCUT2D eigenvalue weighted by molar-refractivity contribution is 0.00829. The number of nitriles is 1. The van der Waals surface area contributed by atoms with E-state index in [1.165, 1.54) is 0 Å². The third-order valence-electron chi connectivity index (χ3n) is 2.21. The van der Waals surface area contributed by atoms with Crippen molar-refractivity contribution in [1.29, 1.82) is 5.26 Å². The minimum atomic E-state index is 0.409. The van der Waals surface area contributed by atoms with Crippen molar-refractivity contribution < 1.29 is 4.74 Å². The fourth-order valence-corrected chi connectivity index (χ4v) is 1.77. The largest absolute Gasteiger partial charge is 0.380 e. The van der Waals surface area contributed by atoms with E-state index in [9.17, 15) is 0 Å². The van der Waals surface area contributed by atoms with E-state index < -0.39 is 0 Å². The fraction of sp³-hybridized carbons (Fsp3) is 0.300. The summed E-state index contributed by atoms with van der Waals surface area (Å²) in [5, 5.41) is 8.87. The van der Waals surface area contributed by atoms with E-state index in [4.69, 9.17) is 10.00 Å². The Hall–Kier alpha value is -0.850. The van der Waals surface area contributed by atoms with Crippen molar-refractivity contribution in [3.05, 3.63) is 33.8 Å². The molecule has 13 heavy (non-hydrogen) atoms. The number of ether oxygens (including phenoxy) is 1. The molecule has 3 heteroatoms. The maximum Gasteiger partial charge on any atom is 0.0994 e. The molecule has 1 aromatic rings. The first-order chi connectivity index (χ1) is 6.31. The van der Waals surface area contributed by atoms with Crippen molar-refractivity contribution >= 4 is 15.9 Å². The number of halogens is 1. The van der Waals surface area contributed by atoms with E-state index in [0.29, 0.717) is 5.92 Å². The molecule has 0 saturated carbocycles. The van der Waals surface area contributed by atoms with Gasteiger partial charge in [0.05, 0.1) is 24.8 Å². The van der Waals surface area contributed by atoms with Crippen LogP contribution in [0.1, 0.15) is 17.0 Å². The van der Waals surface area contributed by atoms with E-state index in [-0.39, 0.29) is 0 Å². The Kier molecular flexibility index (Phi) is 2.34. The number of hydrogen-bond acceptors (Lipinski definition) is 2. The molecule has 66 valence electrons. The lowest BCUT2D eigenvalue weighted by Crippen LogP contribution is -2.25. The Bertz CT molecular complexity index is 366. The zero-order valence-electron chi connectivity index (χ0n) is 6.96. The van der Waals surface area contributed by atoms with Crippen molar-refractivity contribution in [3.63, 3.8) is 0 Å². The number of hydrogen-bond donors (Lipinski definition) is 0. The number of nitrogens with zero attached hydrogens (tertiary/aromatic N) is 1. The van der Waals surface area contributed by atoms with Gasteiger partial charge < -0.3 is 4.74 Å². The van der Waals surface area contributed by atoms with E-state index in [1.54, 1.807) is 0 Å². The molecule has 0 N–H and O–H groups in total. The predicted molar refractivity (Wildman–Crippen MR) is 52.4 cm³/mol. The summed E-state index contributed by atoms with van der Waals surface area (Å²) in [6, 6.07) is 7.94. The number of rotatable bonds is 1. The summed E-state index contributed by atoms with van der Waals surface area (Å²) in [4.78, 5) is 0. The average molecular weight is 238 g/mol. The first kappa shape index (κ1) is 8.74. The molecule has 1 aliphatic rings. The van der Waals surface area contributed by atoms with Crippen LogP contribution in [-0.2, 0) is 4.74 Å². The molecule has 0 atom stereocenters. The van der Waals surface area contributed by atoms with Crippen molar-refractivity contribution in [1.82, 2.24) is 0 Å². The van der Waals surface area contributed by atoms with E-state index in [0.717, 1.165) is 28.8 Å². The molecule has 2 rings (SSSR count). The first-order valence-electron chi connectivity index (χ1n) is 4.08. The zero-order chi connectivity index (χ0) is 9.26. The molecular formula is C10H8BrNO. The molecule has 1 heterocycles. The molecule has 1 aromatic carbocycles. The van der Waals surface area contributed by atoms with Gasteiger partial charge in [-0.2, -0.15) is 5.26 Å². The Morgan fingerprint density at radius 1 is 1.46 bits per heavy atom. The second-order valence-electron chi connectivity index (χ2n) is 3.08. The van der Waals surface area contributed by atoms with Crippen LogP contribution in [0, 0.1) is 11.3 Å². The van der Waals surface area contributed by atoms with Crippen LogP contribution in [0.3, 0.4) is 0 Å². The monoisotopic (exact) mass is 237 g/mol. The summed E-state index contributed by atoms with van der Waals surface area (Å²) < 4.78 is 6.13. The highest BCUT2D eigenvalue weighted by atomic mass is 79.9. The van der Waals surface area contributed by atoms with Gasteiger partial charge in [-0.15, -0.1) is 0 Å². The summed E-state index contributed by atoms with van der Waals surface area (Å²) in [5.41, 5.74) is 1.86. The zero-order valence-corrected chi connectivity index (χ0v) is 8.54. The fourth-order valence-electron chi connectivity index (χ4n) is 1.39. The van der Waals surface area contributed by atoms with Crippen LogP contribution in [0.15, 0.2) is 22.7 Å². The minimum absolute atomic E-state index is 0.409. The second kappa shape index (κ2) is 3.49. The third kappa shape index (κ3) is 1.60. The Balaban J connectivity index is 2.41. The molecule has 2 nitrogen and oxygen atoms in total. The Morgan fingerprint density at radius 3 is 2.77 bits per heavy atom. The molecule has 0 aliphatic carbocycles. The third-order valence-corrected chi connectivity index (χ3v) is 2.71. The molecule has 1 saturated heterocycles. The van der Waals surface area contributed by atoms with Gasteiger partial charge in [-0.3, -0.25) is 0 Å². The quantitative estimate of drug-likeness (QED) is 0.752. The Morgan fingerprint density at radius 2 is 2.23 bits per heavy atom. The highest BCUT2D eigenvalue weighted by molar-refractivity contribution is 9.10. The normalized spacial score (nSPS) is 16.3. The van der Waals surface area contributed by atoms with Crippen LogP contribution >= 0.6 is 15.9 Å². The standard InChI is InChI=1S/C10H8BrNO/c11-9-2-1-7(4-12)10(3-9)8-5-13-6-8/h1-3,8H,5-6H2. The smallest absolute Gasteiger partial charge is 0.0994 e. The van der Waals surface area contributed by atoms with E-state index in [1.807, 2.05) is 18.2 Å². The summed E-state index contributed by atoms with van der Waals surface area (Å²) >= 11 is 3.40. The van der Waals surface area contributed by atoms with Gasteiger partial charge in [0, 0.05) is 10.4 Å². The lowest BCUT2D eigenvalue weighted by atomic mass is 9.93. The SMILES string of the molecule is N#Cc1ccc(Br)cc1C1COC1. The van der Waals surface area contributed by atoms with E-state index in [2.05, 4.69) is 22.0 Å². The first-order valence-corrected chi connectivity index (χ1v) is 4.88. The van der Waals surface area contributed by atoms with Crippen molar-refractivity contribution in [2.75, 3.05) is 13.2 Å². The van der Waals surface area contributed by atoms with Gasteiger partial charge in [-0.05, 0) is 23.8 Å². The van der Waals surface area contributed by atoms with Crippen molar-refractivity contribution in [3.8, 4) is 6.07 Å². The Labute approximate surface area is 85.3 Å². The van der Waals surface area contributed by atoms with Crippen LogP contribution in [0.2, 0.25) is 0 Å². The minimum Gasteiger partial charge on any atom is -0.380 e. The van der Waals surface area contributed by atoms with Gasteiger partial charge >= 0.3 is 0 Å². The van der Waals surface area contributed by atoms with E-state index >= 15 is 0 Å². The summed E-state index contributed by atoms with van der Waals surface area (Å²) in [6.07, 6.45) is 0. The van der Waals surface area contributed by atoms with Crippen LogP contribution in [-0.4, -0.2) is 13.2 Å². The maximum absolute atomic E-state index is 8.87. The molecule has 0 aromatic heterocycles. The van der Waals surface area contributed by atoms with Gasteiger partial charge in [0.1, 0.15) is 0 Å². The highest BCUT2D eigenvalue weighted by Gasteiger charge is 2.23. The van der Waals surface area contributed by atoms with Crippen LogP contribution in [0.25, 0.3) is 0 Å². The van der Waals surface area contributed by atoms with Gasteiger partial charge in [0.15, 0.2) is 0 Å². The lowest BCUT2D eigenvalue weighted by Gasteiger charge is -2.27. The molecule has 0 amide bonds. The van der Waals surface area contributed by atoms with Crippen molar-refractivity contribution in [2.24, 2.45) is 0 Å². The van der Waals surface area contributed by atoms with Gasteiger partial charge in [-0.1, -0.05) is 15.9 Å². The molecular weight excluding hydrogens is 230 g/mol. The van der Waals surface area contributed by atoms with Crippen LogP contribution < -0.4 is 0 Å². The topological polar surface area (TPSA) is 33.0 Å². The highest BCUT2D eigenvalue weighted by Crippen LogP contribution is 2.28. The van der Waals surface area contributed by atoms with Gasteiger partial charge in [0.25, 0.3) is 0 Å². The predicted octanol–water partition coefficient (Wildman–Crippen LogP) is 2.43. The average Bonchev–Trinajstić information content (AvgIpc) is 2.02. The summed E-state index contributed by atoms with van der Waals surface area (Å²) in [7, 11) is 0. The van der Waals surface area contributed by atoms with Crippen LogP contribution in [0.4, 0.5) is 0 Å². The molecule has 0 radical (unpaired) electrons.